The largest absolute Gasteiger partial charge is 0.481 e. The van der Waals surface area contributed by atoms with Gasteiger partial charge in [0.1, 0.15) is 0 Å². The lowest BCUT2D eigenvalue weighted by Crippen LogP contribution is -2.45. The van der Waals surface area contributed by atoms with Crippen LogP contribution in [0.5, 0.6) is 0 Å². The quantitative estimate of drug-likeness (QED) is 0.667. The van der Waals surface area contributed by atoms with E-state index in [1.165, 1.54) is 11.1 Å². The van der Waals surface area contributed by atoms with Crippen LogP contribution < -0.4 is 0 Å². The Labute approximate surface area is 188 Å². The molecule has 0 amide bonds. The first-order valence-electron chi connectivity index (χ1n) is 10.7. The van der Waals surface area contributed by atoms with Gasteiger partial charge in [0.2, 0.25) is 0 Å². The summed E-state index contributed by atoms with van der Waals surface area (Å²) in [7, 11) is 0. The van der Waals surface area contributed by atoms with Gasteiger partial charge >= 0.3 is 5.97 Å². The highest BCUT2D eigenvalue weighted by molar-refractivity contribution is 8.01. The molecule has 1 saturated heterocycles. The molecule has 2 unspecified atom stereocenters. The molecule has 31 heavy (non-hydrogen) atoms. The van der Waals surface area contributed by atoms with E-state index in [9.17, 15) is 9.90 Å². The van der Waals surface area contributed by atoms with Crippen molar-refractivity contribution in [1.29, 1.82) is 0 Å². The number of carboxylic acid groups (broad SMARTS) is 1. The van der Waals surface area contributed by atoms with Crippen molar-refractivity contribution < 1.29 is 14.6 Å². The summed E-state index contributed by atoms with van der Waals surface area (Å²) in [4.78, 5) is 14.4. The first kappa shape index (κ1) is 21.9. The van der Waals surface area contributed by atoms with Gasteiger partial charge in [0.05, 0.1) is 23.9 Å². The Morgan fingerprint density at radius 2 is 1.87 bits per heavy atom. The Balaban J connectivity index is 1.57. The van der Waals surface area contributed by atoms with Gasteiger partial charge in [0.15, 0.2) is 0 Å². The van der Waals surface area contributed by atoms with Crippen LogP contribution in [-0.4, -0.2) is 46.5 Å². The topological polar surface area (TPSA) is 49.8 Å². The maximum absolute atomic E-state index is 12.0. The summed E-state index contributed by atoms with van der Waals surface area (Å²) in [5.74, 6) is -1.37. The summed E-state index contributed by atoms with van der Waals surface area (Å²) in [5.41, 5.74) is 2.47. The summed E-state index contributed by atoms with van der Waals surface area (Å²) >= 11 is 1.70. The number of ether oxygens (including phenoxy) is 1. The van der Waals surface area contributed by atoms with Gasteiger partial charge in [-0.2, -0.15) is 0 Å². The van der Waals surface area contributed by atoms with E-state index in [0.717, 1.165) is 19.6 Å². The summed E-state index contributed by atoms with van der Waals surface area (Å²) in [5, 5.41) is 9.87. The van der Waals surface area contributed by atoms with Crippen molar-refractivity contribution in [3.63, 3.8) is 0 Å². The zero-order valence-corrected chi connectivity index (χ0v) is 18.6. The van der Waals surface area contributed by atoms with Crippen molar-refractivity contribution in [3.8, 4) is 0 Å². The monoisotopic (exact) mass is 435 g/mol. The third kappa shape index (κ3) is 5.29. The predicted molar refractivity (Wildman–Crippen MR) is 126 cm³/mol. The number of allylic oxidation sites excluding steroid dienone is 2. The Bertz CT molecular complexity index is 930. The number of hydrogen-bond donors (Lipinski definition) is 1. The van der Waals surface area contributed by atoms with Crippen LogP contribution >= 0.6 is 11.8 Å². The molecule has 5 heteroatoms. The van der Waals surface area contributed by atoms with Gasteiger partial charge < -0.3 is 9.84 Å². The predicted octanol–water partition coefficient (Wildman–Crippen LogP) is 4.95. The molecule has 2 aromatic carbocycles. The van der Waals surface area contributed by atoms with Crippen LogP contribution in [0.1, 0.15) is 23.3 Å². The van der Waals surface area contributed by atoms with Crippen molar-refractivity contribution in [2.24, 2.45) is 5.92 Å². The Morgan fingerprint density at radius 3 is 2.58 bits per heavy atom. The van der Waals surface area contributed by atoms with Crippen molar-refractivity contribution in [3.05, 3.63) is 96.1 Å². The second kappa shape index (κ2) is 9.86. The molecular weight excluding hydrogens is 406 g/mol. The Kier molecular flexibility index (Phi) is 6.96. The summed E-state index contributed by atoms with van der Waals surface area (Å²) in [6, 6.07) is 20.9. The van der Waals surface area contributed by atoms with Gasteiger partial charge in [-0.05, 0) is 18.1 Å². The maximum atomic E-state index is 12.0. The number of hydrogen-bond acceptors (Lipinski definition) is 4. The zero-order valence-electron chi connectivity index (χ0n) is 17.8. The van der Waals surface area contributed by atoms with E-state index >= 15 is 0 Å². The van der Waals surface area contributed by atoms with Crippen molar-refractivity contribution >= 4 is 17.7 Å². The van der Waals surface area contributed by atoms with E-state index in [-0.39, 0.29) is 11.4 Å². The van der Waals surface area contributed by atoms with Crippen molar-refractivity contribution in [1.82, 2.24) is 4.90 Å². The molecule has 2 aromatic rings. The summed E-state index contributed by atoms with van der Waals surface area (Å²) < 4.78 is 5.74. The molecule has 1 aliphatic carbocycles. The zero-order chi connectivity index (χ0) is 21.7. The molecule has 0 aromatic heterocycles. The first-order chi connectivity index (χ1) is 15.0. The maximum Gasteiger partial charge on any atom is 0.312 e. The SMILES string of the molecule is CC1(S[C@H](c2ccccc2)[C@H]2CN(Cc3ccccc3)CCO2)C=CC=CC1C(=O)O. The van der Waals surface area contributed by atoms with Crippen LogP contribution in [0.4, 0.5) is 0 Å². The number of nitrogens with zero attached hydrogens (tertiary/aromatic N) is 1. The van der Waals surface area contributed by atoms with Crippen LogP contribution in [0.2, 0.25) is 0 Å². The fourth-order valence-electron chi connectivity index (χ4n) is 4.33. The molecule has 2 aliphatic rings. The molecule has 0 radical (unpaired) electrons. The number of aliphatic carboxylic acids is 1. The number of rotatable bonds is 7. The molecule has 4 rings (SSSR count). The third-order valence-electron chi connectivity index (χ3n) is 6.00. The van der Waals surface area contributed by atoms with E-state index in [4.69, 9.17) is 4.74 Å². The van der Waals surface area contributed by atoms with E-state index in [1.54, 1.807) is 17.8 Å². The van der Waals surface area contributed by atoms with E-state index in [2.05, 4.69) is 41.3 Å². The lowest BCUT2D eigenvalue weighted by atomic mass is 9.89. The van der Waals surface area contributed by atoms with Gasteiger partial charge in [-0.1, -0.05) is 85.0 Å². The second-order valence-corrected chi connectivity index (χ2v) is 9.95. The number of thioether (sulfide) groups is 1. The standard InChI is InChI=1S/C26H29NO3S/c1-26(15-9-8-14-22(26)25(28)29)31-24(21-12-6-3-7-13-21)23-19-27(16-17-30-23)18-20-10-4-2-5-11-20/h2-15,22-24H,16-19H2,1H3,(H,28,29)/t22?,23-,24-,26?/m1/s1. The molecule has 162 valence electrons. The average Bonchev–Trinajstić information content (AvgIpc) is 2.79. The van der Waals surface area contributed by atoms with Crippen LogP contribution in [0.3, 0.4) is 0 Å². The van der Waals surface area contributed by atoms with Crippen LogP contribution in [0.15, 0.2) is 85.0 Å². The minimum Gasteiger partial charge on any atom is -0.481 e. The average molecular weight is 436 g/mol. The van der Waals surface area contributed by atoms with E-state index < -0.39 is 16.6 Å². The number of carbonyl (C=O) groups is 1. The second-order valence-electron chi connectivity index (χ2n) is 8.32. The minimum atomic E-state index is -0.794. The molecule has 1 N–H and O–H groups in total. The van der Waals surface area contributed by atoms with Gasteiger partial charge in [0, 0.05) is 24.4 Å². The Morgan fingerprint density at radius 1 is 1.16 bits per heavy atom. The number of morpholine rings is 1. The highest BCUT2D eigenvalue weighted by Crippen LogP contribution is 2.48. The third-order valence-corrected chi connectivity index (χ3v) is 7.73. The first-order valence-corrected chi connectivity index (χ1v) is 11.6. The molecule has 1 fully saturated rings. The fourth-order valence-corrected chi connectivity index (χ4v) is 5.97. The van der Waals surface area contributed by atoms with Crippen LogP contribution in [-0.2, 0) is 16.1 Å². The number of benzene rings is 2. The molecule has 4 nitrogen and oxygen atoms in total. The van der Waals surface area contributed by atoms with Crippen LogP contribution in [0, 0.1) is 5.92 Å². The smallest absolute Gasteiger partial charge is 0.312 e. The van der Waals surface area contributed by atoms with Gasteiger partial charge in [-0.15, -0.1) is 11.8 Å². The molecule has 4 atom stereocenters. The molecular formula is C26H29NO3S. The fraction of sp³-hybridized carbons (Fsp3) is 0.346. The Hall–Kier alpha value is -2.34. The lowest BCUT2D eigenvalue weighted by Gasteiger charge is -2.41. The van der Waals surface area contributed by atoms with E-state index in [0.29, 0.717) is 6.61 Å². The molecule has 1 heterocycles. The van der Waals surface area contributed by atoms with Crippen LogP contribution in [0.25, 0.3) is 0 Å². The highest BCUT2D eigenvalue weighted by atomic mass is 32.2. The highest BCUT2D eigenvalue weighted by Gasteiger charge is 2.42. The minimum absolute atomic E-state index is 0.0181. The molecule has 0 saturated carbocycles. The van der Waals surface area contributed by atoms with Crippen molar-refractivity contribution in [2.45, 2.75) is 29.6 Å². The number of carboxylic acids is 1. The van der Waals surface area contributed by atoms with Gasteiger partial charge in [-0.3, -0.25) is 9.69 Å². The van der Waals surface area contributed by atoms with Gasteiger partial charge in [0.25, 0.3) is 0 Å². The lowest BCUT2D eigenvalue weighted by molar-refractivity contribution is -0.140. The van der Waals surface area contributed by atoms with Crippen molar-refractivity contribution in [2.75, 3.05) is 19.7 Å². The normalized spacial score (nSPS) is 27.1. The van der Waals surface area contributed by atoms with Gasteiger partial charge in [-0.25, -0.2) is 0 Å². The molecule has 0 spiro atoms. The van der Waals surface area contributed by atoms with E-state index in [1.807, 2.05) is 49.4 Å². The summed E-state index contributed by atoms with van der Waals surface area (Å²) in [6.45, 7) is 5.31. The molecule has 0 bridgehead atoms. The molecule has 1 aliphatic heterocycles. The summed E-state index contributed by atoms with van der Waals surface area (Å²) in [6.07, 6.45) is 7.59.